The predicted octanol–water partition coefficient (Wildman–Crippen LogP) is -0.504. The van der Waals surface area contributed by atoms with Crippen LogP contribution in [0.15, 0.2) is 6.20 Å². The van der Waals surface area contributed by atoms with Crippen LogP contribution < -0.4 is 5.01 Å². The van der Waals surface area contributed by atoms with Gasteiger partial charge < -0.3 is 9.84 Å². The molecule has 8 heteroatoms. The summed E-state index contributed by atoms with van der Waals surface area (Å²) in [4.78, 5) is 23.6. The fraction of sp³-hybridized carbons (Fsp3) is 0.600. The first kappa shape index (κ1) is 12.3. The summed E-state index contributed by atoms with van der Waals surface area (Å²) in [5.74, 6) is -1.31. The molecule has 1 aliphatic heterocycles. The van der Waals surface area contributed by atoms with E-state index in [0.717, 1.165) is 6.42 Å². The molecule has 1 aromatic heterocycles. The normalized spacial score (nSPS) is 22.4. The Hall–Kier alpha value is -2.12. The van der Waals surface area contributed by atoms with E-state index in [0.29, 0.717) is 6.54 Å². The number of carbonyl (C=O) groups is 2. The zero-order chi connectivity index (χ0) is 13.3. The largest absolute Gasteiger partial charge is 0.476 e. The van der Waals surface area contributed by atoms with Crippen molar-refractivity contribution in [2.75, 3.05) is 18.7 Å². The third kappa shape index (κ3) is 1.89. The zero-order valence-electron chi connectivity index (χ0n) is 10.1. The molecule has 0 bridgehead atoms. The van der Waals surface area contributed by atoms with Gasteiger partial charge in [-0.15, -0.1) is 5.10 Å². The van der Waals surface area contributed by atoms with Gasteiger partial charge in [-0.1, -0.05) is 6.92 Å². The van der Waals surface area contributed by atoms with Crippen molar-refractivity contribution >= 4 is 11.9 Å². The van der Waals surface area contributed by atoms with E-state index >= 15 is 0 Å². The fourth-order valence-electron chi connectivity index (χ4n) is 2.04. The lowest BCUT2D eigenvalue weighted by molar-refractivity contribution is -0.146. The van der Waals surface area contributed by atoms with Crippen molar-refractivity contribution in [3.05, 3.63) is 11.9 Å². The number of ether oxygens (including phenoxy) is 1. The highest BCUT2D eigenvalue weighted by atomic mass is 16.5. The van der Waals surface area contributed by atoms with Gasteiger partial charge in [0.1, 0.15) is 6.04 Å². The van der Waals surface area contributed by atoms with Crippen molar-refractivity contribution in [2.24, 2.45) is 5.92 Å². The van der Waals surface area contributed by atoms with Crippen LogP contribution in [-0.2, 0) is 9.53 Å². The molecule has 1 fully saturated rings. The maximum absolute atomic E-state index is 11.6. The second-order valence-electron chi connectivity index (χ2n) is 4.09. The van der Waals surface area contributed by atoms with Crippen LogP contribution in [0.25, 0.3) is 0 Å². The van der Waals surface area contributed by atoms with Crippen molar-refractivity contribution in [3.63, 3.8) is 0 Å². The molecule has 1 aliphatic rings. The molecule has 18 heavy (non-hydrogen) atoms. The third-order valence-corrected chi connectivity index (χ3v) is 3.12. The fourth-order valence-corrected chi connectivity index (χ4v) is 2.04. The van der Waals surface area contributed by atoms with E-state index in [-0.39, 0.29) is 17.6 Å². The third-order valence-electron chi connectivity index (χ3n) is 3.12. The Bertz CT molecular complexity index is 472. The van der Waals surface area contributed by atoms with Gasteiger partial charge in [0.05, 0.1) is 13.3 Å². The molecule has 1 N–H and O–H groups in total. The number of aromatic carboxylic acids is 1. The second-order valence-corrected chi connectivity index (χ2v) is 4.09. The van der Waals surface area contributed by atoms with Crippen LogP contribution in [0.1, 0.15) is 23.8 Å². The highest BCUT2D eigenvalue weighted by molar-refractivity contribution is 5.84. The molecule has 98 valence electrons. The number of carbonyl (C=O) groups excluding carboxylic acids is 1. The average Bonchev–Trinajstić information content (AvgIpc) is 2.77. The average molecular weight is 254 g/mol. The maximum atomic E-state index is 11.6. The molecule has 1 saturated heterocycles. The van der Waals surface area contributed by atoms with Crippen molar-refractivity contribution in [3.8, 4) is 0 Å². The summed E-state index contributed by atoms with van der Waals surface area (Å²) in [6, 6.07) is -0.427. The smallest absolute Gasteiger partial charge is 0.358 e. The molecule has 0 saturated carbocycles. The van der Waals surface area contributed by atoms with Crippen LogP contribution in [0, 0.1) is 5.92 Å². The number of esters is 1. The van der Waals surface area contributed by atoms with E-state index in [1.165, 1.54) is 18.1 Å². The second kappa shape index (κ2) is 4.63. The Morgan fingerprint density at radius 2 is 2.33 bits per heavy atom. The van der Waals surface area contributed by atoms with Gasteiger partial charge in [-0.25, -0.2) is 9.59 Å². The molecule has 0 radical (unpaired) electrons. The number of rotatable bonds is 4. The molecular weight excluding hydrogens is 240 g/mol. The minimum atomic E-state index is -1.15. The SMILES string of the molecule is CCC1CN(n2cc(C(=O)O)nn2)C1C(=O)OC. The van der Waals surface area contributed by atoms with Gasteiger partial charge >= 0.3 is 11.9 Å². The molecule has 0 aliphatic carbocycles. The summed E-state index contributed by atoms with van der Waals surface area (Å²) in [7, 11) is 1.33. The van der Waals surface area contributed by atoms with Crippen molar-refractivity contribution in [2.45, 2.75) is 19.4 Å². The van der Waals surface area contributed by atoms with Crippen molar-refractivity contribution in [1.29, 1.82) is 0 Å². The van der Waals surface area contributed by atoms with E-state index in [2.05, 4.69) is 10.3 Å². The Labute approximate surface area is 103 Å². The lowest BCUT2D eigenvalue weighted by atomic mass is 9.88. The summed E-state index contributed by atoms with van der Waals surface area (Å²) in [6.07, 6.45) is 2.13. The number of carboxylic acids is 1. The molecule has 2 rings (SSSR count). The number of carboxylic acid groups (broad SMARTS) is 1. The van der Waals surface area contributed by atoms with Gasteiger partial charge in [0.25, 0.3) is 0 Å². The van der Waals surface area contributed by atoms with E-state index in [4.69, 9.17) is 9.84 Å². The minimum absolute atomic E-state index is 0.154. The molecule has 0 amide bonds. The molecule has 1 aromatic rings. The van der Waals surface area contributed by atoms with Crippen molar-refractivity contribution < 1.29 is 19.4 Å². The first-order valence-corrected chi connectivity index (χ1v) is 5.58. The molecule has 2 atom stereocenters. The summed E-state index contributed by atoms with van der Waals surface area (Å²) in [6.45, 7) is 2.61. The van der Waals surface area contributed by atoms with Crippen LogP contribution in [-0.4, -0.2) is 51.8 Å². The van der Waals surface area contributed by atoms with Crippen LogP contribution in [0.2, 0.25) is 0 Å². The first-order valence-electron chi connectivity index (χ1n) is 5.58. The number of nitrogens with zero attached hydrogens (tertiary/aromatic N) is 4. The lowest BCUT2D eigenvalue weighted by Crippen LogP contribution is -2.65. The van der Waals surface area contributed by atoms with Gasteiger partial charge in [0.15, 0.2) is 5.69 Å². The van der Waals surface area contributed by atoms with E-state index < -0.39 is 12.0 Å². The summed E-state index contributed by atoms with van der Waals surface area (Å²) in [5.41, 5.74) is -0.154. The van der Waals surface area contributed by atoms with Crippen LogP contribution in [0.3, 0.4) is 0 Å². The van der Waals surface area contributed by atoms with Gasteiger partial charge in [-0.05, 0) is 11.6 Å². The van der Waals surface area contributed by atoms with E-state index in [1.807, 2.05) is 6.92 Å². The molecule has 2 unspecified atom stereocenters. The molecule has 0 spiro atoms. The highest BCUT2D eigenvalue weighted by Gasteiger charge is 2.45. The van der Waals surface area contributed by atoms with E-state index in [1.54, 1.807) is 5.01 Å². The number of hydrogen-bond donors (Lipinski definition) is 1. The Morgan fingerprint density at radius 3 is 2.83 bits per heavy atom. The van der Waals surface area contributed by atoms with Gasteiger partial charge in [-0.3, -0.25) is 5.01 Å². The molecule has 8 nitrogen and oxygen atoms in total. The number of hydrogen-bond acceptors (Lipinski definition) is 6. The quantitative estimate of drug-likeness (QED) is 0.723. The maximum Gasteiger partial charge on any atom is 0.358 e. The predicted molar refractivity (Wildman–Crippen MR) is 59.7 cm³/mol. The summed E-state index contributed by atoms with van der Waals surface area (Å²) < 4.78 is 4.73. The van der Waals surface area contributed by atoms with Crippen molar-refractivity contribution in [1.82, 2.24) is 15.1 Å². The topological polar surface area (TPSA) is 97.5 Å². The van der Waals surface area contributed by atoms with Crippen LogP contribution >= 0.6 is 0 Å². The van der Waals surface area contributed by atoms with Gasteiger partial charge in [-0.2, -0.15) is 4.79 Å². The summed E-state index contributed by atoms with van der Waals surface area (Å²) in [5, 5.41) is 17.6. The highest BCUT2D eigenvalue weighted by Crippen LogP contribution is 2.26. The Kier molecular flexibility index (Phi) is 3.17. The molecular formula is C10H14N4O4. The Balaban J connectivity index is 2.17. The molecule has 0 aromatic carbocycles. The van der Waals surface area contributed by atoms with Gasteiger partial charge in [0.2, 0.25) is 0 Å². The lowest BCUT2D eigenvalue weighted by Gasteiger charge is -2.46. The number of methoxy groups -OCH3 is 1. The first-order chi connectivity index (χ1) is 8.58. The minimum Gasteiger partial charge on any atom is -0.476 e. The van der Waals surface area contributed by atoms with E-state index in [9.17, 15) is 9.59 Å². The van der Waals surface area contributed by atoms with Crippen LogP contribution in [0.5, 0.6) is 0 Å². The number of aromatic nitrogens is 3. The van der Waals surface area contributed by atoms with Gasteiger partial charge in [0, 0.05) is 12.5 Å². The van der Waals surface area contributed by atoms with Crippen LogP contribution in [0.4, 0.5) is 0 Å². The molecule has 2 heterocycles. The monoisotopic (exact) mass is 254 g/mol. The standard InChI is InChI=1S/C10H14N4O4/c1-3-6-4-13(8(6)10(17)18-2)14-5-7(9(15)16)11-12-14/h5-6,8H,3-4H2,1-2H3,(H,15,16). The zero-order valence-corrected chi connectivity index (χ0v) is 10.1. The summed E-state index contributed by atoms with van der Waals surface area (Å²) >= 11 is 0. The Morgan fingerprint density at radius 1 is 1.61 bits per heavy atom.